The van der Waals surface area contributed by atoms with Crippen LogP contribution in [0.5, 0.6) is 0 Å². The van der Waals surface area contributed by atoms with Crippen molar-refractivity contribution in [3.05, 3.63) is 106 Å². The molecule has 0 atom stereocenters. The monoisotopic (exact) mass is 1330 g/mol. The molecule has 0 aliphatic carbocycles. The molecule has 6 saturated heterocycles. The van der Waals surface area contributed by atoms with Gasteiger partial charge in [-0.3, -0.25) is 4.79 Å². The van der Waals surface area contributed by atoms with Crippen molar-refractivity contribution >= 4 is 24.1 Å². The molecule has 3 amide bonds. The molecule has 0 unspecified atom stereocenters. The predicted molar refractivity (Wildman–Crippen MR) is 333 cm³/mol. The Labute approximate surface area is 542 Å². The van der Waals surface area contributed by atoms with Crippen molar-refractivity contribution in [2.24, 2.45) is 0 Å². The first-order chi connectivity index (χ1) is 43.3. The number of amides is 3. The Morgan fingerprint density at radius 3 is 1.11 bits per heavy atom. The van der Waals surface area contributed by atoms with Crippen LogP contribution >= 0.6 is 0 Å². The Balaban J connectivity index is 0.000000203. The van der Waals surface area contributed by atoms with Crippen molar-refractivity contribution < 1.29 is 87.5 Å². The van der Waals surface area contributed by atoms with E-state index in [9.17, 15) is 63.8 Å². The van der Waals surface area contributed by atoms with Gasteiger partial charge in [-0.15, -0.1) is 0 Å². The fraction of sp³-hybridized carbons (Fsp3) is 0.676. The average Bonchev–Trinajstić information content (AvgIpc) is 0.933. The van der Waals surface area contributed by atoms with Gasteiger partial charge in [-0.2, -0.15) is 39.5 Å². The van der Waals surface area contributed by atoms with Crippen molar-refractivity contribution in [1.29, 1.82) is 0 Å². The number of alkyl halides is 9. The van der Waals surface area contributed by atoms with Crippen molar-refractivity contribution in [3.8, 4) is 0 Å². The zero-order valence-corrected chi connectivity index (χ0v) is 55.5. The molecular weight excluding hydrogens is 1230 g/mol. The average molecular weight is 1330 g/mol. The molecule has 16 nitrogen and oxygen atoms in total. The molecule has 0 spiro atoms. The van der Waals surface area contributed by atoms with Gasteiger partial charge in [0.15, 0.2) is 0 Å². The maximum Gasteiger partial charge on any atom is 0.416 e. The second kappa shape index (κ2) is 32.3. The summed E-state index contributed by atoms with van der Waals surface area (Å²) in [5, 5.41) is 14.0. The summed E-state index contributed by atoms with van der Waals surface area (Å²) in [5.74, 6) is 0.227. The summed E-state index contributed by atoms with van der Waals surface area (Å²) < 4.78 is 146. The predicted octanol–water partition coefficient (Wildman–Crippen LogP) is 14.0. The second-order valence-electron chi connectivity index (χ2n) is 27.7. The molecule has 6 heterocycles. The summed E-state index contributed by atoms with van der Waals surface area (Å²) in [4.78, 5) is 56.3. The Hall–Kier alpha value is -5.73. The van der Waals surface area contributed by atoms with Crippen molar-refractivity contribution in [2.75, 3.05) is 105 Å². The minimum absolute atomic E-state index is 0.160. The third-order valence-corrected chi connectivity index (χ3v) is 17.0. The highest BCUT2D eigenvalue weighted by Gasteiger charge is 2.43. The highest BCUT2D eigenvalue weighted by atomic mass is 19.4. The maximum atomic E-state index is 13.3. The molecule has 3 aromatic carbocycles. The lowest BCUT2D eigenvalue weighted by Gasteiger charge is -2.42. The quantitative estimate of drug-likeness (QED) is 0.138. The smallest absolute Gasteiger partial charge is 0.416 e. The van der Waals surface area contributed by atoms with Crippen LogP contribution in [0.25, 0.3) is 0 Å². The molecule has 0 saturated carbocycles. The van der Waals surface area contributed by atoms with E-state index >= 15 is 0 Å². The number of Topliss-reactive ketones (excluding diaryl/α,β-unsaturated/α-hetero) is 1. The Morgan fingerprint density at radius 2 is 0.763 bits per heavy atom. The number of ketones is 1. The number of carbonyl (C=O) groups is 4. The van der Waals surface area contributed by atoms with Gasteiger partial charge in [0.2, 0.25) is 0 Å². The summed E-state index contributed by atoms with van der Waals surface area (Å²) in [5.41, 5.74) is -5.17. The Bertz CT molecular complexity index is 2860. The lowest BCUT2D eigenvalue weighted by atomic mass is 9.83. The first kappa shape index (κ1) is 76.3. The molecule has 93 heavy (non-hydrogen) atoms. The number of likely N-dealkylation sites (tertiary alicyclic amines) is 5. The summed E-state index contributed by atoms with van der Waals surface area (Å²) >= 11 is 0. The van der Waals surface area contributed by atoms with Gasteiger partial charge >= 0.3 is 36.8 Å². The summed E-state index contributed by atoms with van der Waals surface area (Å²) in [6, 6.07) is 15.8. The van der Waals surface area contributed by atoms with Crippen LogP contribution in [0.15, 0.2) is 72.8 Å². The maximum absolute atomic E-state index is 13.3. The molecule has 9 rings (SSSR count). The van der Waals surface area contributed by atoms with E-state index in [1.807, 2.05) is 41.5 Å². The molecule has 0 radical (unpaired) electrons. The largest absolute Gasteiger partial charge is 0.444 e. The number of ether oxygens (including phenoxy) is 5. The van der Waals surface area contributed by atoms with Crippen LogP contribution in [-0.4, -0.2) is 175 Å². The number of aliphatic hydroxyl groups is 1. The van der Waals surface area contributed by atoms with Crippen molar-refractivity contribution in [3.63, 3.8) is 0 Å². The number of carbonyl (C=O) groups excluding carboxylic acids is 4. The van der Waals surface area contributed by atoms with E-state index in [1.165, 1.54) is 67.0 Å². The summed E-state index contributed by atoms with van der Waals surface area (Å²) in [6.45, 7) is 26.8. The molecule has 6 fully saturated rings. The highest BCUT2D eigenvalue weighted by molar-refractivity contribution is 5.81. The zero-order valence-electron chi connectivity index (χ0n) is 55.5. The van der Waals surface area contributed by atoms with E-state index in [0.717, 1.165) is 76.6 Å². The van der Waals surface area contributed by atoms with Crippen LogP contribution in [0.3, 0.4) is 0 Å². The van der Waals surface area contributed by atoms with Gasteiger partial charge in [0.25, 0.3) is 0 Å². The molecule has 2 N–H and O–H groups in total. The van der Waals surface area contributed by atoms with E-state index < -0.39 is 81.0 Å². The van der Waals surface area contributed by atoms with Crippen LogP contribution in [0.4, 0.5) is 53.9 Å². The van der Waals surface area contributed by atoms with Crippen molar-refractivity contribution in [1.82, 2.24) is 29.8 Å². The van der Waals surface area contributed by atoms with E-state index in [1.54, 1.807) is 42.7 Å². The third kappa shape index (κ3) is 24.2. The number of piperidine rings is 4. The minimum Gasteiger partial charge on any atom is -0.444 e. The van der Waals surface area contributed by atoms with Gasteiger partial charge in [0.1, 0.15) is 22.6 Å². The van der Waals surface area contributed by atoms with Gasteiger partial charge in [0.05, 0.1) is 46.7 Å². The van der Waals surface area contributed by atoms with Crippen LogP contribution in [-0.2, 0) is 63.8 Å². The molecule has 6 aliphatic rings. The normalized spacial score (nSPS) is 19.9. The van der Waals surface area contributed by atoms with Gasteiger partial charge < -0.3 is 58.6 Å². The van der Waals surface area contributed by atoms with Crippen molar-refractivity contribution in [2.45, 2.75) is 191 Å². The first-order valence-corrected chi connectivity index (χ1v) is 32.4. The number of nitrogens with one attached hydrogen (secondary N) is 1. The van der Waals surface area contributed by atoms with E-state index in [0.29, 0.717) is 89.0 Å². The van der Waals surface area contributed by atoms with Crippen LogP contribution in [0, 0.1) is 0 Å². The number of rotatable bonds is 11. The fourth-order valence-corrected chi connectivity index (χ4v) is 11.9. The lowest BCUT2D eigenvalue weighted by Crippen LogP contribution is -2.48. The van der Waals surface area contributed by atoms with Gasteiger partial charge in [-0.25, -0.2) is 14.4 Å². The molecule has 6 aliphatic heterocycles. The van der Waals surface area contributed by atoms with E-state index in [4.69, 9.17) is 23.7 Å². The summed E-state index contributed by atoms with van der Waals surface area (Å²) in [7, 11) is 0. The standard InChI is InChI=1S/C23H33F3N2O3.C18H25F3N2O.C17H22F3NO3.C10H17NO3/c1-21(2,3)31-20(29)28-13-9-22(10-14-28,30-16-15-27-11-4-5-12-27)18-7-6-8-19(17-18)23(24,25)26;19-18(20,21)16-5-3-4-15(14-16)17(6-8-22-9-7-17)24-13-12-23-10-1-2-11-23;1-15(2,3)24-14(22)21-9-7-16(23,8-10-21)12-5-4-6-13(11-12)17(18,19)20;1-10(2,3)14-9(13)11-6-4-8(12)5-7-11/h6-8,17H,4-5,9-16H2,1-3H3;3-5,14,22H,1-2,6-13H2;4-6,11,23H,7-10H2,1-3H3;4-7H2,1-3H3. The van der Waals surface area contributed by atoms with E-state index in [-0.39, 0.29) is 43.4 Å². The SMILES string of the molecule is CC(C)(C)OC(=O)N1CCC(=O)CC1.CC(C)(C)OC(=O)N1CCC(O)(c2cccc(C(F)(F)F)c2)CC1.CC(C)(C)OC(=O)N1CCC(OCCN2CCCC2)(c2cccc(C(F)(F)F)c2)CC1.FC(F)(F)c1cccc(C2(OCCN3CCCC3)CCNCC2)c1. The number of benzene rings is 3. The lowest BCUT2D eigenvalue weighted by molar-refractivity contribution is -0.139. The number of hydrogen-bond acceptors (Lipinski definition) is 13. The Kier molecular flexibility index (Phi) is 26.5. The van der Waals surface area contributed by atoms with Crippen LogP contribution in [0.1, 0.15) is 173 Å². The fourth-order valence-electron chi connectivity index (χ4n) is 11.9. The molecule has 0 aromatic heterocycles. The number of hydrogen-bond donors (Lipinski definition) is 2. The molecular formula is C68H97F9N6O10. The van der Waals surface area contributed by atoms with Gasteiger partial charge in [-0.05, 0) is 219 Å². The van der Waals surface area contributed by atoms with Crippen LogP contribution < -0.4 is 5.32 Å². The number of nitrogens with zero attached hydrogens (tertiary/aromatic N) is 5. The summed E-state index contributed by atoms with van der Waals surface area (Å²) in [6.07, 6.45) is -6.10. The van der Waals surface area contributed by atoms with Gasteiger partial charge in [0, 0.05) is 65.2 Å². The molecule has 0 bridgehead atoms. The molecule has 25 heteroatoms. The highest BCUT2D eigenvalue weighted by Crippen LogP contribution is 2.42. The topological polar surface area (TPSA) is 163 Å². The second-order valence-corrected chi connectivity index (χ2v) is 27.7. The molecule has 3 aromatic rings. The van der Waals surface area contributed by atoms with E-state index in [2.05, 4.69) is 15.1 Å². The van der Waals surface area contributed by atoms with Gasteiger partial charge in [-0.1, -0.05) is 36.4 Å². The third-order valence-electron chi connectivity index (χ3n) is 17.0. The Morgan fingerprint density at radius 1 is 0.452 bits per heavy atom. The first-order valence-electron chi connectivity index (χ1n) is 32.4. The minimum atomic E-state index is -4.45. The number of halogens is 9. The molecule has 522 valence electrons. The van der Waals surface area contributed by atoms with Crippen LogP contribution in [0.2, 0.25) is 0 Å². The zero-order chi connectivity index (χ0) is 68.7.